The molecule has 1 unspecified atom stereocenters. The second kappa shape index (κ2) is 8.02. The third kappa shape index (κ3) is 4.21. The molecule has 0 aromatic heterocycles. The lowest BCUT2D eigenvalue weighted by Crippen LogP contribution is -2.40. The summed E-state index contributed by atoms with van der Waals surface area (Å²) in [5, 5.41) is 21.1. The zero-order valence-electron chi connectivity index (χ0n) is 12.6. The zero-order valence-corrected chi connectivity index (χ0v) is 12.6. The second-order valence-corrected chi connectivity index (χ2v) is 5.23. The highest BCUT2D eigenvalue weighted by molar-refractivity contribution is 6.10. The summed E-state index contributed by atoms with van der Waals surface area (Å²) in [4.78, 5) is 2.32. The van der Waals surface area contributed by atoms with Crippen LogP contribution >= 0.6 is 0 Å². The van der Waals surface area contributed by atoms with Crippen LogP contribution in [0.1, 0.15) is 19.3 Å². The number of nitriles is 2. The minimum atomic E-state index is -0.221. The van der Waals surface area contributed by atoms with E-state index < -0.39 is 0 Å². The Labute approximate surface area is 130 Å². The van der Waals surface area contributed by atoms with Crippen LogP contribution in [0.15, 0.2) is 29.4 Å². The van der Waals surface area contributed by atoms with Crippen LogP contribution in [0.5, 0.6) is 5.75 Å². The van der Waals surface area contributed by atoms with Crippen molar-refractivity contribution in [2.45, 2.75) is 25.3 Å². The monoisotopic (exact) mass is 297 g/mol. The minimum Gasteiger partial charge on any atom is -0.490 e. The quantitative estimate of drug-likeness (QED) is 0.666. The second-order valence-electron chi connectivity index (χ2n) is 5.23. The fourth-order valence-corrected chi connectivity index (χ4v) is 2.42. The zero-order chi connectivity index (χ0) is 15.8. The van der Waals surface area contributed by atoms with Crippen molar-refractivity contribution in [3.63, 3.8) is 0 Å². The summed E-state index contributed by atoms with van der Waals surface area (Å²) >= 11 is 0. The van der Waals surface area contributed by atoms with Crippen LogP contribution in [0.25, 0.3) is 0 Å². The van der Waals surface area contributed by atoms with Crippen molar-refractivity contribution in [1.29, 1.82) is 10.5 Å². The standard InChI is InChI=1S/C16H19N5O/c1-21-9-5-4-6-14(21)12-22-16-8-3-2-7-15(16)20-19-13(10-17)11-18/h2-3,7-8,14,20H,4-6,9,12H2,1H3. The molecule has 6 heteroatoms. The Morgan fingerprint density at radius 3 is 2.86 bits per heavy atom. The molecule has 2 rings (SSSR count). The molecule has 1 aromatic rings. The normalized spacial score (nSPS) is 17.9. The Morgan fingerprint density at radius 2 is 2.14 bits per heavy atom. The maximum absolute atomic E-state index is 8.70. The van der Waals surface area contributed by atoms with Gasteiger partial charge in [-0.2, -0.15) is 15.6 Å². The van der Waals surface area contributed by atoms with Gasteiger partial charge in [0.25, 0.3) is 0 Å². The number of hydrogen-bond acceptors (Lipinski definition) is 6. The Balaban J connectivity index is 2.01. The molecule has 0 amide bonds. The van der Waals surface area contributed by atoms with Gasteiger partial charge in [-0.3, -0.25) is 5.43 Å². The highest BCUT2D eigenvalue weighted by Gasteiger charge is 2.19. The third-order valence-corrected chi connectivity index (χ3v) is 3.74. The van der Waals surface area contributed by atoms with Crippen LogP contribution < -0.4 is 10.2 Å². The van der Waals surface area contributed by atoms with E-state index in [1.54, 1.807) is 18.2 Å². The number of likely N-dealkylation sites (N-methyl/N-ethyl adjacent to an activating group) is 1. The third-order valence-electron chi connectivity index (χ3n) is 3.74. The lowest BCUT2D eigenvalue weighted by Gasteiger charge is -2.32. The van der Waals surface area contributed by atoms with Gasteiger partial charge in [-0.15, -0.1) is 0 Å². The molecule has 0 radical (unpaired) electrons. The molecule has 1 atom stereocenters. The lowest BCUT2D eigenvalue weighted by molar-refractivity contribution is 0.125. The predicted molar refractivity (Wildman–Crippen MR) is 84.5 cm³/mol. The van der Waals surface area contributed by atoms with Gasteiger partial charge in [-0.1, -0.05) is 18.6 Å². The van der Waals surface area contributed by atoms with Gasteiger partial charge in [0.2, 0.25) is 5.71 Å². The van der Waals surface area contributed by atoms with E-state index in [1.165, 1.54) is 12.8 Å². The molecule has 0 bridgehead atoms. The van der Waals surface area contributed by atoms with Crippen LogP contribution in [0.4, 0.5) is 5.69 Å². The number of ether oxygens (including phenoxy) is 1. The van der Waals surface area contributed by atoms with E-state index in [0.29, 0.717) is 24.1 Å². The molecule has 1 aromatic carbocycles. The molecule has 1 saturated heterocycles. The number of hydrazone groups is 1. The number of piperidine rings is 1. The fourth-order valence-electron chi connectivity index (χ4n) is 2.42. The number of benzene rings is 1. The molecule has 114 valence electrons. The molecular formula is C16H19N5O. The highest BCUT2D eigenvalue weighted by atomic mass is 16.5. The molecule has 6 nitrogen and oxygen atoms in total. The first-order chi connectivity index (χ1) is 10.7. The lowest BCUT2D eigenvalue weighted by atomic mass is 10.0. The Bertz CT molecular complexity index is 598. The molecule has 1 aliphatic rings. The Hall–Kier alpha value is -2.57. The molecule has 0 saturated carbocycles. The van der Waals surface area contributed by atoms with E-state index in [2.05, 4.69) is 22.5 Å². The topological polar surface area (TPSA) is 84.4 Å². The summed E-state index contributed by atoms with van der Waals surface area (Å²) in [6.45, 7) is 1.72. The summed E-state index contributed by atoms with van der Waals surface area (Å²) < 4.78 is 5.91. The average Bonchev–Trinajstić information content (AvgIpc) is 2.56. The SMILES string of the molecule is CN1CCCCC1COc1ccccc1NN=C(C#N)C#N. The maximum atomic E-state index is 8.70. The predicted octanol–water partition coefficient (Wildman–Crippen LogP) is 2.36. The average molecular weight is 297 g/mol. The summed E-state index contributed by atoms with van der Waals surface area (Å²) in [6, 6.07) is 11.2. The molecule has 0 spiro atoms. The number of para-hydroxylation sites is 2. The van der Waals surface area contributed by atoms with Gasteiger partial charge < -0.3 is 9.64 Å². The van der Waals surface area contributed by atoms with Crippen molar-refractivity contribution in [3.8, 4) is 17.9 Å². The number of rotatable bonds is 5. The van der Waals surface area contributed by atoms with Crippen molar-refractivity contribution in [2.24, 2.45) is 5.10 Å². The van der Waals surface area contributed by atoms with E-state index in [4.69, 9.17) is 15.3 Å². The van der Waals surface area contributed by atoms with Crippen molar-refractivity contribution in [3.05, 3.63) is 24.3 Å². The Morgan fingerprint density at radius 1 is 1.36 bits per heavy atom. The molecule has 1 fully saturated rings. The van der Waals surface area contributed by atoms with Crippen molar-refractivity contribution >= 4 is 11.4 Å². The van der Waals surface area contributed by atoms with Crippen LogP contribution in [0.2, 0.25) is 0 Å². The first kappa shape index (κ1) is 15.8. The van der Waals surface area contributed by atoms with Gasteiger partial charge in [0.15, 0.2) is 0 Å². The molecular weight excluding hydrogens is 278 g/mol. The van der Waals surface area contributed by atoms with Crippen molar-refractivity contribution < 1.29 is 4.74 Å². The first-order valence-electron chi connectivity index (χ1n) is 7.30. The van der Waals surface area contributed by atoms with Crippen molar-refractivity contribution in [2.75, 3.05) is 25.6 Å². The van der Waals surface area contributed by atoms with Gasteiger partial charge >= 0.3 is 0 Å². The van der Waals surface area contributed by atoms with E-state index in [9.17, 15) is 0 Å². The number of anilines is 1. The molecule has 1 N–H and O–H groups in total. The van der Waals surface area contributed by atoms with Gasteiger partial charge in [0, 0.05) is 6.04 Å². The van der Waals surface area contributed by atoms with E-state index in [0.717, 1.165) is 13.0 Å². The van der Waals surface area contributed by atoms with E-state index >= 15 is 0 Å². The van der Waals surface area contributed by atoms with Gasteiger partial charge in [-0.05, 0) is 38.6 Å². The van der Waals surface area contributed by atoms with Crippen LogP contribution in [0.3, 0.4) is 0 Å². The first-order valence-corrected chi connectivity index (χ1v) is 7.30. The fraction of sp³-hybridized carbons (Fsp3) is 0.438. The van der Waals surface area contributed by atoms with E-state index in [1.807, 2.05) is 18.2 Å². The number of hydrogen-bond donors (Lipinski definition) is 1. The maximum Gasteiger partial charge on any atom is 0.237 e. The van der Waals surface area contributed by atoms with E-state index in [-0.39, 0.29) is 5.71 Å². The van der Waals surface area contributed by atoms with Gasteiger partial charge in [0.05, 0.1) is 5.69 Å². The summed E-state index contributed by atoms with van der Waals surface area (Å²) in [7, 11) is 2.12. The smallest absolute Gasteiger partial charge is 0.237 e. The minimum absolute atomic E-state index is 0.221. The molecule has 1 aliphatic heterocycles. The van der Waals surface area contributed by atoms with Gasteiger partial charge in [-0.25, -0.2) is 0 Å². The summed E-state index contributed by atoms with van der Waals surface area (Å²) in [6.07, 6.45) is 3.61. The Kier molecular flexibility index (Phi) is 5.76. The number of likely N-dealkylation sites (tertiary alicyclic amines) is 1. The molecule has 1 heterocycles. The van der Waals surface area contributed by atoms with Crippen LogP contribution in [0, 0.1) is 22.7 Å². The van der Waals surface area contributed by atoms with Gasteiger partial charge in [0.1, 0.15) is 24.5 Å². The summed E-state index contributed by atoms with van der Waals surface area (Å²) in [5.41, 5.74) is 3.14. The molecule has 22 heavy (non-hydrogen) atoms. The number of nitrogens with zero attached hydrogens (tertiary/aromatic N) is 4. The van der Waals surface area contributed by atoms with Crippen LogP contribution in [-0.2, 0) is 0 Å². The highest BCUT2D eigenvalue weighted by Crippen LogP contribution is 2.25. The van der Waals surface area contributed by atoms with Crippen molar-refractivity contribution in [1.82, 2.24) is 4.90 Å². The molecule has 0 aliphatic carbocycles. The largest absolute Gasteiger partial charge is 0.490 e. The summed E-state index contributed by atoms with van der Waals surface area (Å²) in [5.74, 6) is 0.667. The number of nitrogens with one attached hydrogen (secondary N) is 1. The van der Waals surface area contributed by atoms with Crippen LogP contribution in [-0.4, -0.2) is 36.9 Å².